The highest BCUT2D eigenvalue weighted by atomic mass is 35.5. The standard InChI is InChI=1S/C24H23ClN6O2/c1-14-11-21(32)31-22(15-3-5-17(25)6-4-15)29-23(30-24(31)28-14)26-10-9-16-13-27-20-8-7-18(33-2)12-19(16)20/h3-8,11-13,22,27H,9-10H2,1-2H3,(H2,26,28,29,30)/t22-/m1/s1. The van der Waals surface area contributed by atoms with Crippen molar-refractivity contribution in [2.45, 2.75) is 19.5 Å². The van der Waals surface area contributed by atoms with E-state index in [4.69, 9.17) is 21.3 Å². The number of anilines is 1. The highest BCUT2D eigenvalue weighted by Gasteiger charge is 2.26. The fourth-order valence-electron chi connectivity index (χ4n) is 4.02. The van der Waals surface area contributed by atoms with Crippen LogP contribution in [0.3, 0.4) is 0 Å². The van der Waals surface area contributed by atoms with Gasteiger partial charge in [0.05, 0.1) is 7.11 Å². The van der Waals surface area contributed by atoms with E-state index in [2.05, 4.69) is 20.6 Å². The lowest BCUT2D eigenvalue weighted by molar-refractivity contribution is 0.415. The van der Waals surface area contributed by atoms with Gasteiger partial charge in [0.1, 0.15) is 11.9 Å². The number of nitrogens with zero attached hydrogens (tertiary/aromatic N) is 3. The second kappa shape index (κ2) is 8.63. The summed E-state index contributed by atoms with van der Waals surface area (Å²) >= 11 is 6.06. The molecule has 0 bridgehead atoms. The molecule has 1 aliphatic heterocycles. The van der Waals surface area contributed by atoms with Crippen LogP contribution >= 0.6 is 11.6 Å². The predicted octanol–water partition coefficient (Wildman–Crippen LogP) is 3.86. The molecule has 5 rings (SSSR count). The number of guanidine groups is 1. The Morgan fingerprint density at radius 1 is 1.18 bits per heavy atom. The molecular formula is C24H23ClN6O2. The van der Waals surface area contributed by atoms with Gasteiger partial charge in [0.15, 0.2) is 5.96 Å². The summed E-state index contributed by atoms with van der Waals surface area (Å²) in [5.74, 6) is 1.83. The number of hydrogen-bond donors (Lipinski definition) is 3. The fraction of sp³-hybridized carbons (Fsp3) is 0.208. The molecule has 0 radical (unpaired) electrons. The van der Waals surface area contributed by atoms with Crippen molar-refractivity contribution in [3.05, 3.63) is 86.9 Å². The summed E-state index contributed by atoms with van der Waals surface area (Å²) in [7, 11) is 1.66. The van der Waals surface area contributed by atoms with Gasteiger partial charge in [0, 0.05) is 40.4 Å². The molecule has 8 nitrogen and oxygen atoms in total. The Morgan fingerprint density at radius 3 is 2.79 bits per heavy atom. The van der Waals surface area contributed by atoms with E-state index in [9.17, 15) is 4.79 Å². The van der Waals surface area contributed by atoms with Crippen LogP contribution in [-0.4, -0.2) is 34.1 Å². The number of nitrogens with one attached hydrogen (secondary N) is 3. The van der Waals surface area contributed by atoms with Gasteiger partial charge in [-0.25, -0.2) is 4.98 Å². The summed E-state index contributed by atoms with van der Waals surface area (Å²) in [5, 5.41) is 8.24. The molecule has 3 heterocycles. The van der Waals surface area contributed by atoms with Crippen molar-refractivity contribution in [3.8, 4) is 5.75 Å². The maximum atomic E-state index is 12.8. The van der Waals surface area contributed by atoms with Gasteiger partial charge in [-0.2, -0.15) is 0 Å². The third kappa shape index (κ3) is 4.17. The maximum absolute atomic E-state index is 12.8. The first kappa shape index (κ1) is 21.1. The Kier molecular flexibility index (Phi) is 5.51. The number of benzene rings is 2. The molecule has 3 N–H and O–H groups in total. The van der Waals surface area contributed by atoms with E-state index in [1.807, 2.05) is 36.5 Å². The number of aryl methyl sites for hydroxylation is 1. The van der Waals surface area contributed by atoms with Crippen LogP contribution in [0.15, 0.2) is 64.5 Å². The Bertz CT molecular complexity index is 1410. The highest BCUT2D eigenvalue weighted by molar-refractivity contribution is 6.30. The molecule has 2 aromatic heterocycles. The van der Waals surface area contributed by atoms with Crippen molar-refractivity contribution in [3.63, 3.8) is 0 Å². The number of ether oxygens (including phenoxy) is 1. The smallest absolute Gasteiger partial charge is 0.257 e. The van der Waals surface area contributed by atoms with Crippen LogP contribution < -0.4 is 20.9 Å². The molecule has 0 fully saturated rings. The largest absolute Gasteiger partial charge is 0.497 e. The molecule has 0 unspecified atom stereocenters. The predicted molar refractivity (Wildman–Crippen MR) is 130 cm³/mol. The van der Waals surface area contributed by atoms with Crippen molar-refractivity contribution in [2.75, 3.05) is 19.0 Å². The molecule has 168 valence electrons. The number of hydrogen-bond acceptors (Lipinski definition) is 4. The van der Waals surface area contributed by atoms with Crippen LogP contribution in [0.2, 0.25) is 5.02 Å². The quantitative estimate of drug-likeness (QED) is 0.418. The second-order valence-electron chi connectivity index (χ2n) is 7.86. The summed E-state index contributed by atoms with van der Waals surface area (Å²) in [4.78, 5) is 25.3. The van der Waals surface area contributed by atoms with Gasteiger partial charge in [-0.3, -0.25) is 19.7 Å². The topological polar surface area (TPSA) is 96.3 Å². The van der Waals surface area contributed by atoms with Crippen LogP contribution in [-0.2, 0) is 6.42 Å². The molecule has 0 saturated heterocycles. The first-order valence-electron chi connectivity index (χ1n) is 10.6. The van der Waals surface area contributed by atoms with E-state index in [0.29, 0.717) is 29.2 Å². The minimum atomic E-state index is -0.449. The zero-order valence-electron chi connectivity index (χ0n) is 18.2. The van der Waals surface area contributed by atoms with Crippen molar-refractivity contribution < 1.29 is 4.74 Å². The normalized spacial score (nSPS) is 16.3. The van der Waals surface area contributed by atoms with Crippen molar-refractivity contribution in [2.24, 2.45) is 4.99 Å². The van der Waals surface area contributed by atoms with Crippen molar-refractivity contribution >= 4 is 34.4 Å². The molecule has 1 aliphatic rings. The molecule has 0 spiro atoms. The van der Waals surface area contributed by atoms with Gasteiger partial charge in [-0.1, -0.05) is 23.7 Å². The number of H-pyrrole nitrogens is 1. The number of fused-ring (bicyclic) bond motifs is 2. The van der Waals surface area contributed by atoms with Gasteiger partial charge in [-0.05, 0) is 54.8 Å². The lowest BCUT2D eigenvalue weighted by atomic mass is 10.1. The van der Waals surface area contributed by atoms with E-state index in [0.717, 1.165) is 34.2 Å². The molecule has 1 atom stereocenters. The van der Waals surface area contributed by atoms with E-state index in [1.165, 1.54) is 6.07 Å². The fourth-order valence-corrected chi connectivity index (χ4v) is 4.15. The molecular weight excluding hydrogens is 440 g/mol. The van der Waals surface area contributed by atoms with Gasteiger partial charge < -0.3 is 15.0 Å². The van der Waals surface area contributed by atoms with Gasteiger partial charge in [0.25, 0.3) is 5.56 Å². The third-order valence-corrected chi connectivity index (χ3v) is 5.91. The zero-order chi connectivity index (χ0) is 22.9. The Hall–Kier alpha value is -3.78. The summed E-state index contributed by atoms with van der Waals surface area (Å²) in [5.41, 5.74) is 3.59. The Balaban J connectivity index is 1.43. The average molecular weight is 463 g/mol. The summed E-state index contributed by atoms with van der Waals surface area (Å²) < 4.78 is 6.94. The summed E-state index contributed by atoms with van der Waals surface area (Å²) in [6.07, 6.45) is 2.29. The monoisotopic (exact) mass is 462 g/mol. The van der Waals surface area contributed by atoms with Gasteiger partial charge in [0.2, 0.25) is 5.95 Å². The minimum absolute atomic E-state index is 0.149. The molecule has 9 heteroatoms. The third-order valence-electron chi connectivity index (χ3n) is 5.65. The molecule has 33 heavy (non-hydrogen) atoms. The van der Waals surface area contributed by atoms with Crippen LogP contribution in [0.5, 0.6) is 5.75 Å². The number of halogens is 1. The molecule has 2 aromatic carbocycles. The molecule has 4 aromatic rings. The van der Waals surface area contributed by atoms with Crippen molar-refractivity contribution in [1.82, 2.24) is 19.9 Å². The van der Waals surface area contributed by atoms with E-state index in [1.54, 1.807) is 30.7 Å². The molecule has 0 amide bonds. The van der Waals surface area contributed by atoms with Crippen LogP contribution in [0.1, 0.15) is 23.0 Å². The lowest BCUT2D eigenvalue weighted by Crippen LogP contribution is -2.48. The van der Waals surface area contributed by atoms with Crippen LogP contribution in [0.25, 0.3) is 10.9 Å². The number of rotatable bonds is 5. The Labute approximate surface area is 195 Å². The number of aliphatic imine (C=N–C) groups is 1. The first-order valence-corrected chi connectivity index (χ1v) is 11.0. The van der Waals surface area contributed by atoms with Crippen LogP contribution in [0, 0.1) is 6.92 Å². The van der Waals surface area contributed by atoms with E-state index < -0.39 is 6.17 Å². The minimum Gasteiger partial charge on any atom is -0.497 e. The van der Waals surface area contributed by atoms with Crippen molar-refractivity contribution in [1.29, 1.82) is 0 Å². The molecule has 0 aliphatic carbocycles. The first-order chi connectivity index (χ1) is 16.0. The average Bonchev–Trinajstić information content (AvgIpc) is 3.21. The molecule has 0 saturated carbocycles. The summed E-state index contributed by atoms with van der Waals surface area (Å²) in [6, 6.07) is 14.9. The zero-order valence-corrected chi connectivity index (χ0v) is 19.0. The Morgan fingerprint density at radius 2 is 2.00 bits per heavy atom. The number of aromatic nitrogens is 3. The van der Waals surface area contributed by atoms with Crippen LogP contribution in [0.4, 0.5) is 5.95 Å². The van der Waals surface area contributed by atoms with E-state index >= 15 is 0 Å². The second-order valence-corrected chi connectivity index (χ2v) is 8.29. The summed E-state index contributed by atoms with van der Waals surface area (Å²) in [6.45, 7) is 2.34. The SMILES string of the molecule is COc1ccc2[nH]cc(CCN=C3Nc4nc(C)cc(=O)n4[C@H](c4ccc(Cl)cc4)N3)c2c1. The highest BCUT2D eigenvalue weighted by Crippen LogP contribution is 2.25. The number of methoxy groups -OCH3 is 1. The number of aromatic amines is 1. The van der Waals surface area contributed by atoms with Gasteiger partial charge in [-0.15, -0.1) is 0 Å². The maximum Gasteiger partial charge on any atom is 0.257 e. The van der Waals surface area contributed by atoms with E-state index in [-0.39, 0.29) is 5.56 Å². The van der Waals surface area contributed by atoms with Gasteiger partial charge >= 0.3 is 0 Å². The lowest BCUT2D eigenvalue weighted by Gasteiger charge is -2.31.